The summed E-state index contributed by atoms with van der Waals surface area (Å²) in [4.78, 5) is 22.8. The first-order valence-corrected chi connectivity index (χ1v) is 5.85. The van der Waals surface area contributed by atoms with Gasteiger partial charge in [0.2, 0.25) is 5.91 Å². The van der Waals surface area contributed by atoms with Crippen molar-refractivity contribution in [2.45, 2.75) is 0 Å². The van der Waals surface area contributed by atoms with Gasteiger partial charge in [0, 0.05) is 0 Å². The Bertz CT molecular complexity index is 662. The van der Waals surface area contributed by atoms with E-state index in [9.17, 15) is 9.59 Å². The SMILES string of the molecule is COc1ccc(-c2cccc(C(=O)O)c2C(N)=O)cc1. The number of nitrogens with two attached hydrogens (primary N) is 1. The van der Waals surface area contributed by atoms with E-state index in [2.05, 4.69) is 0 Å². The van der Waals surface area contributed by atoms with Crippen molar-refractivity contribution < 1.29 is 19.4 Å². The van der Waals surface area contributed by atoms with Crippen molar-refractivity contribution in [3.05, 3.63) is 53.6 Å². The van der Waals surface area contributed by atoms with Crippen molar-refractivity contribution in [3.8, 4) is 16.9 Å². The number of carbonyl (C=O) groups is 2. The first-order valence-electron chi connectivity index (χ1n) is 5.85. The summed E-state index contributed by atoms with van der Waals surface area (Å²) in [6, 6.07) is 11.5. The zero-order chi connectivity index (χ0) is 14.7. The maximum atomic E-state index is 11.6. The van der Waals surface area contributed by atoms with Crippen molar-refractivity contribution in [2.24, 2.45) is 5.73 Å². The zero-order valence-corrected chi connectivity index (χ0v) is 10.8. The Morgan fingerprint density at radius 2 is 1.75 bits per heavy atom. The minimum atomic E-state index is -1.19. The highest BCUT2D eigenvalue weighted by atomic mass is 16.5. The number of primary amides is 1. The molecule has 2 aromatic rings. The van der Waals surface area contributed by atoms with Crippen LogP contribution in [0.2, 0.25) is 0 Å². The van der Waals surface area contributed by atoms with Crippen molar-refractivity contribution in [2.75, 3.05) is 7.11 Å². The summed E-state index contributed by atoms with van der Waals surface area (Å²) in [6.07, 6.45) is 0. The molecule has 0 spiro atoms. The van der Waals surface area contributed by atoms with Crippen LogP contribution in [-0.2, 0) is 0 Å². The molecule has 0 atom stereocenters. The number of hydrogen-bond donors (Lipinski definition) is 2. The molecule has 5 nitrogen and oxygen atoms in total. The molecule has 3 N–H and O–H groups in total. The van der Waals surface area contributed by atoms with E-state index in [-0.39, 0.29) is 11.1 Å². The van der Waals surface area contributed by atoms with Crippen LogP contribution >= 0.6 is 0 Å². The quantitative estimate of drug-likeness (QED) is 0.891. The van der Waals surface area contributed by atoms with E-state index in [1.54, 1.807) is 43.5 Å². The van der Waals surface area contributed by atoms with Crippen LogP contribution in [0.3, 0.4) is 0 Å². The van der Waals surface area contributed by atoms with Gasteiger partial charge in [-0.3, -0.25) is 4.79 Å². The molecule has 0 aromatic heterocycles. The lowest BCUT2D eigenvalue weighted by Gasteiger charge is -2.10. The van der Waals surface area contributed by atoms with Crippen molar-refractivity contribution in [1.29, 1.82) is 0 Å². The van der Waals surface area contributed by atoms with Crippen LogP contribution in [-0.4, -0.2) is 24.1 Å². The number of aromatic carboxylic acids is 1. The molecule has 0 heterocycles. The molecule has 2 aromatic carbocycles. The number of ether oxygens (including phenoxy) is 1. The predicted molar refractivity (Wildman–Crippen MR) is 73.9 cm³/mol. The molecule has 0 aliphatic rings. The smallest absolute Gasteiger partial charge is 0.336 e. The van der Waals surface area contributed by atoms with Gasteiger partial charge in [-0.25, -0.2) is 4.79 Å². The van der Waals surface area contributed by atoms with E-state index in [1.165, 1.54) is 6.07 Å². The zero-order valence-electron chi connectivity index (χ0n) is 10.8. The van der Waals surface area contributed by atoms with Crippen LogP contribution in [0.4, 0.5) is 0 Å². The standard InChI is InChI=1S/C15H13NO4/c1-20-10-7-5-9(6-8-10)11-3-2-4-12(15(18)19)13(11)14(16)17/h2-8H,1H3,(H2,16,17)(H,18,19). The van der Waals surface area contributed by atoms with E-state index in [4.69, 9.17) is 15.6 Å². The maximum absolute atomic E-state index is 11.6. The number of methoxy groups -OCH3 is 1. The van der Waals surface area contributed by atoms with E-state index < -0.39 is 11.9 Å². The fourth-order valence-corrected chi connectivity index (χ4v) is 2.01. The number of amides is 1. The van der Waals surface area contributed by atoms with Gasteiger partial charge in [0.15, 0.2) is 0 Å². The first kappa shape index (κ1) is 13.6. The molecule has 0 bridgehead atoms. The minimum Gasteiger partial charge on any atom is -0.497 e. The molecular formula is C15H13NO4. The summed E-state index contributed by atoms with van der Waals surface area (Å²) < 4.78 is 5.06. The molecular weight excluding hydrogens is 258 g/mol. The molecule has 20 heavy (non-hydrogen) atoms. The summed E-state index contributed by atoms with van der Waals surface area (Å²) in [6.45, 7) is 0. The van der Waals surface area contributed by atoms with E-state index in [0.717, 1.165) is 0 Å². The Morgan fingerprint density at radius 1 is 1.10 bits per heavy atom. The minimum absolute atomic E-state index is 0.00478. The van der Waals surface area contributed by atoms with Crippen LogP contribution in [0.1, 0.15) is 20.7 Å². The first-order chi connectivity index (χ1) is 9.54. The average Bonchev–Trinajstić information content (AvgIpc) is 2.46. The fraction of sp³-hybridized carbons (Fsp3) is 0.0667. The van der Waals surface area contributed by atoms with Crippen molar-refractivity contribution in [1.82, 2.24) is 0 Å². The van der Waals surface area contributed by atoms with Gasteiger partial charge in [-0.15, -0.1) is 0 Å². The molecule has 0 saturated heterocycles. The Labute approximate surface area is 115 Å². The molecule has 0 radical (unpaired) electrons. The van der Waals surface area contributed by atoms with Crippen molar-refractivity contribution >= 4 is 11.9 Å². The highest BCUT2D eigenvalue weighted by molar-refractivity contribution is 6.08. The summed E-state index contributed by atoms with van der Waals surface area (Å²) >= 11 is 0. The molecule has 5 heteroatoms. The Kier molecular flexibility index (Phi) is 3.70. The van der Waals surface area contributed by atoms with Crippen LogP contribution in [0, 0.1) is 0 Å². The van der Waals surface area contributed by atoms with Gasteiger partial charge in [0.1, 0.15) is 5.75 Å². The van der Waals surface area contributed by atoms with E-state index in [0.29, 0.717) is 16.9 Å². The van der Waals surface area contributed by atoms with Gasteiger partial charge in [-0.2, -0.15) is 0 Å². The molecule has 0 aliphatic heterocycles. The number of carbonyl (C=O) groups excluding carboxylic acids is 1. The van der Waals surface area contributed by atoms with Gasteiger partial charge in [0.05, 0.1) is 18.2 Å². The van der Waals surface area contributed by atoms with Gasteiger partial charge in [-0.1, -0.05) is 24.3 Å². The van der Waals surface area contributed by atoms with Crippen molar-refractivity contribution in [3.63, 3.8) is 0 Å². The summed E-state index contributed by atoms with van der Waals surface area (Å²) in [5.74, 6) is -1.29. The third kappa shape index (κ3) is 2.47. The molecule has 0 unspecified atom stereocenters. The van der Waals surface area contributed by atoms with E-state index >= 15 is 0 Å². The number of carboxylic acid groups (broad SMARTS) is 1. The second-order valence-corrected chi connectivity index (χ2v) is 4.13. The van der Waals surface area contributed by atoms with Crippen LogP contribution in [0.25, 0.3) is 11.1 Å². The second-order valence-electron chi connectivity index (χ2n) is 4.13. The number of carboxylic acids is 1. The highest BCUT2D eigenvalue weighted by Crippen LogP contribution is 2.27. The monoisotopic (exact) mass is 271 g/mol. The molecule has 102 valence electrons. The third-order valence-electron chi connectivity index (χ3n) is 2.94. The predicted octanol–water partition coefficient (Wildman–Crippen LogP) is 2.16. The van der Waals surface area contributed by atoms with Crippen LogP contribution < -0.4 is 10.5 Å². The fourth-order valence-electron chi connectivity index (χ4n) is 2.01. The van der Waals surface area contributed by atoms with E-state index in [1.807, 2.05) is 0 Å². The lowest BCUT2D eigenvalue weighted by atomic mass is 9.95. The second kappa shape index (κ2) is 5.44. The van der Waals surface area contributed by atoms with Gasteiger partial charge in [0.25, 0.3) is 0 Å². The van der Waals surface area contributed by atoms with Crippen LogP contribution in [0.5, 0.6) is 5.75 Å². The highest BCUT2D eigenvalue weighted by Gasteiger charge is 2.19. The number of hydrogen-bond acceptors (Lipinski definition) is 3. The summed E-state index contributed by atoms with van der Waals surface area (Å²) in [5, 5.41) is 9.14. The topological polar surface area (TPSA) is 89.6 Å². The lowest BCUT2D eigenvalue weighted by molar-refractivity contribution is 0.0692. The van der Waals surface area contributed by atoms with Gasteiger partial charge >= 0.3 is 5.97 Å². The summed E-state index contributed by atoms with van der Waals surface area (Å²) in [7, 11) is 1.55. The molecule has 2 rings (SSSR count). The normalized spacial score (nSPS) is 10.1. The molecule has 0 aliphatic carbocycles. The molecule has 0 fully saturated rings. The van der Waals surface area contributed by atoms with Gasteiger partial charge in [-0.05, 0) is 29.3 Å². The average molecular weight is 271 g/mol. The molecule has 1 amide bonds. The lowest BCUT2D eigenvalue weighted by Crippen LogP contribution is -2.17. The van der Waals surface area contributed by atoms with Crippen LogP contribution in [0.15, 0.2) is 42.5 Å². The maximum Gasteiger partial charge on any atom is 0.336 e. The number of benzene rings is 2. The Balaban J connectivity index is 2.63. The molecule has 0 saturated carbocycles. The Morgan fingerprint density at radius 3 is 2.25 bits per heavy atom. The van der Waals surface area contributed by atoms with Gasteiger partial charge < -0.3 is 15.6 Å². The summed E-state index contributed by atoms with van der Waals surface area (Å²) in [5.41, 5.74) is 6.40. The number of rotatable bonds is 4. The third-order valence-corrected chi connectivity index (χ3v) is 2.94. The Hall–Kier alpha value is -2.82. The largest absolute Gasteiger partial charge is 0.497 e.